The van der Waals surface area contributed by atoms with Crippen LogP contribution in [-0.2, 0) is 4.74 Å². The number of hydrogen-bond donors (Lipinski definition) is 0. The lowest BCUT2D eigenvalue weighted by atomic mass is 10.0. The molecule has 0 saturated heterocycles. The van der Waals surface area contributed by atoms with Gasteiger partial charge in [0.25, 0.3) is 6.54 Å². The number of hydrogen-bond acceptors (Lipinski definition) is 4. The number of allylic oxidation sites excluding steroid dienone is 9. The fraction of sp³-hybridized carbons (Fsp3) is 0.0870. The van der Waals surface area contributed by atoms with Gasteiger partial charge in [0.1, 0.15) is 10.0 Å². The van der Waals surface area contributed by atoms with Gasteiger partial charge >= 0.3 is 5.22 Å². The first-order valence-electron chi connectivity index (χ1n) is 9.37. The first-order chi connectivity index (χ1) is 14.3. The molecule has 1 aromatic rings. The molecule has 0 N–H and O–H groups in total. The van der Waals surface area contributed by atoms with Crippen LogP contribution in [0.2, 0.25) is 0 Å². The van der Waals surface area contributed by atoms with Crippen molar-refractivity contribution in [3.8, 4) is 0 Å². The lowest BCUT2D eigenvalue weighted by molar-refractivity contribution is -0.699. The topological polar surface area (TPSA) is 52.3 Å². The summed E-state index contributed by atoms with van der Waals surface area (Å²) in [4.78, 5) is 1.55. The van der Waals surface area contributed by atoms with Gasteiger partial charge in [0.2, 0.25) is 12.4 Å². The molecule has 0 aromatic heterocycles. The Morgan fingerprint density at radius 3 is 2.45 bits per heavy atom. The van der Waals surface area contributed by atoms with Crippen LogP contribution in [0, 0.1) is 0 Å². The van der Waals surface area contributed by atoms with E-state index < -0.39 is 0 Å². The van der Waals surface area contributed by atoms with E-state index in [4.69, 9.17) is 4.74 Å². The summed E-state index contributed by atoms with van der Waals surface area (Å²) in [6.07, 6.45) is 20.5. The molecule has 0 unspecified atom stereocenters. The predicted molar refractivity (Wildman–Crippen MR) is 111 cm³/mol. The largest absolute Gasteiger partial charge is 0.494 e. The first-order valence-corrected chi connectivity index (χ1v) is 9.37. The smallest absolute Gasteiger partial charge is 0.306 e. The molecule has 3 aliphatic heterocycles. The zero-order valence-electron chi connectivity index (χ0n) is 15.9. The van der Waals surface area contributed by atoms with Gasteiger partial charge in [-0.1, -0.05) is 59.7 Å². The van der Waals surface area contributed by atoms with E-state index in [1.54, 1.807) is 16.6 Å². The SMILES string of the molecule is COC1=C2C=CC(=C2)C=Cc2ccccc2C=CC2=C[N+](=N[N+]3=NN=C1C3)C=C2. The summed E-state index contributed by atoms with van der Waals surface area (Å²) >= 11 is 0. The Morgan fingerprint density at radius 2 is 1.66 bits per heavy atom. The molecule has 5 rings (SSSR count). The molecule has 3 heterocycles. The average Bonchev–Trinajstić information content (AvgIpc) is 3.48. The molecule has 0 fully saturated rings. The Labute approximate surface area is 168 Å². The van der Waals surface area contributed by atoms with Crippen molar-refractivity contribution in [3.05, 3.63) is 107 Å². The minimum Gasteiger partial charge on any atom is -0.494 e. The Bertz CT molecular complexity index is 1200. The molecule has 4 aliphatic rings. The first kappa shape index (κ1) is 17.2. The molecule has 140 valence electrons. The number of rotatable bonds is 1. The molecule has 6 bridgehead atoms. The molecule has 0 spiro atoms. The van der Waals surface area contributed by atoms with Crippen LogP contribution < -0.4 is 0 Å². The highest BCUT2D eigenvalue weighted by Crippen LogP contribution is 2.24. The van der Waals surface area contributed by atoms with Gasteiger partial charge in [-0.2, -0.15) is 0 Å². The van der Waals surface area contributed by atoms with E-state index >= 15 is 0 Å². The molecular formula is C23H19N5O+2. The Morgan fingerprint density at radius 1 is 0.897 bits per heavy atom. The minimum atomic E-state index is 0.453. The number of fused-ring (bicyclic) bond motifs is 5. The molecule has 0 radical (unpaired) electrons. The summed E-state index contributed by atoms with van der Waals surface area (Å²) in [6, 6.07) is 8.33. The summed E-state index contributed by atoms with van der Waals surface area (Å²) in [6.45, 7) is 0.453. The molecule has 0 saturated carbocycles. The lowest BCUT2D eigenvalue weighted by Gasteiger charge is -2.04. The van der Waals surface area contributed by atoms with Gasteiger partial charge in [-0.05, 0) is 33.5 Å². The molecule has 0 amide bonds. The van der Waals surface area contributed by atoms with Crippen molar-refractivity contribution in [1.29, 1.82) is 0 Å². The molecular weight excluding hydrogens is 362 g/mol. The van der Waals surface area contributed by atoms with Crippen LogP contribution in [0.3, 0.4) is 0 Å². The van der Waals surface area contributed by atoms with E-state index in [-0.39, 0.29) is 0 Å². The maximum atomic E-state index is 5.64. The molecule has 29 heavy (non-hydrogen) atoms. The van der Waals surface area contributed by atoms with Crippen molar-refractivity contribution in [1.82, 2.24) is 0 Å². The fourth-order valence-electron chi connectivity index (χ4n) is 3.44. The van der Waals surface area contributed by atoms with E-state index in [1.165, 1.54) is 0 Å². The van der Waals surface area contributed by atoms with Gasteiger partial charge in [0.05, 0.1) is 7.11 Å². The molecule has 1 aromatic carbocycles. The van der Waals surface area contributed by atoms with Crippen LogP contribution in [0.25, 0.3) is 12.2 Å². The second-order valence-electron chi connectivity index (χ2n) is 6.84. The number of nitrogens with zero attached hydrogens (tertiary/aromatic N) is 5. The molecule has 6 nitrogen and oxygen atoms in total. The van der Waals surface area contributed by atoms with Crippen molar-refractivity contribution in [2.75, 3.05) is 13.7 Å². The van der Waals surface area contributed by atoms with Crippen LogP contribution in [0.1, 0.15) is 11.1 Å². The van der Waals surface area contributed by atoms with Crippen molar-refractivity contribution in [2.24, 2.45) is 15.5 Å². The highest BCUT2D eigenvalue weighted by Gasteiger charge is 2.29. The van der Waals surface area contributed by atoms with Crippen molar-refractivity contribution in [2.45, 2.75) is 0 Å². The van der Waals surface area contributed by atoms with Crippen LogP contribution >= 0.6 is 0 Å². The number of methoxy groups -OCH3 is 1. The van der Waals surface area contributed by atoms with Crippen LogP contribution in [0.15, 0.2) is 111 Å². The Kier molecular flexibility index (Phi) is 4.29. The van der Waals surface area contributed by atoms with Gasteiger partial charge in [-0.25, -0.2) is 0 Å². The van der Waals surface area contributed by atoms with Gasteiger partial charge in [-0.15, -0.1) is 0 Å². The van der Waals surface area contributed by atoms with Gasteiger partial charge in [0, 0.05) is 17.2 Å². The van der Waals surface area contributed by atoms with Crippen molar-refractivity contribution >= 4 is 17.9 Å². The summed E-state index contributed by atoms with van der Waals surface area (Å²) in [7, 11) is 1.66. The van der Waals surface area contributed by atoms with Gasteiger partial charge in [0.15, 0.2) is 11.5 Å². The highest BCUT2D eigenvalue weighted by molar-refractivity contribution is 6.01. The third-order valence-corrected chi connectivity index (χ3v) is 4.88. The Hall–Kier alpha value is -3.93. The zero-order valence-corrected chi connectivity index (χ0v) is 15.9. The molecule has 6 heteroatoms. The van der Waals surface area contributed by atoms with Crippen molar-refractivity contribution < 1.29 is 14.2 Å². The van der Waals surface area contributed by atoms with Crippen LogP contribution in [0.4, 0.5) is 0 Å². The van der Waals surface area contributed by atoms with Crippen LogP contribution in [0.5, 0.6) is 0 Å². The predicted octanol–water partition coefficient (Wildman–Crippen LogP) is 4.75. The zero-order chi connectivity index (χ0) is 19.6. The summed E-state index contributed by atoms with van der Waals surface area (Å²) in [5, 5.41) is 12.9. The normalized spacial score (nSPS) is 19.4. The summed E-state index contributed by atoms with van der Waals surface area (Å²) in [5.74, 6) is 0.714. The average molecular weight is 381 g/mol. The monoisotopic (exact) mass is 381 g/mol. The second kappa shape index (κ2) is 7.24. The minimum absolute atomic E-state index is 0.453. The van der Waals surface area contributed by atoms with E-state index in [0.717, 1.165) is 33.6 Å². The number of benzene rings is 1. The lowest BCUT2D eigenvalue weighted by Crippen LogP contribution is -2.15. The maximum absolute atomic E-state index is 5.64. The third kappa shape index (κ3) is 3.48. The van der Waals surface area contributed by atoms with E-state index in [1.807, 2.05) is 30.6 Å². The van der Waals surface area contributed by atoms with E-state index in [9.17, 15) is 0 Å². The highest BCUT2D eigenvalue weighted by atomic mass is 16.5. The van der Waals surface area contributed by atoms with Crippen LogP contribution in [-0.4, -0.2) is 28.9 Å². The third-order valence-electron chi connectivity index (χ3n) is 4.88. The summed E-state index contributed by atoms with van der Waals surface area (Å²) < 4.78 is 7.38. The van der Waals surface area contributed by atoms with Crippen molar-refractivity contribution in [3.63, 3.8) is 0 Å². The molecule has 0 atom stereocenters. The van der Waals surface area contributed by atoms with E-state index in [0.29, 0.717) is 12.3 Å². The van der Waals surface area contributed by atoms with Gasteiger partial charge in [-0.3, -0.25) is 0 Å². The summed E-state index contributed by atoms with van der Waals surface area (Å²) in [5.41, 5.74) is 6.19. The standard InChI is InChI=1S/C23H19N5O/c1-29-23-21-11-7-17(14-21)6-9-19-4-2-3-5-20(19)10-8-18-12-13-27(15-18)26-28-16-22(23)24-25-28/h2-15H,16H2,1H3/q+2. The van der Waals surface area contributed by atoms with Gasteiger partial charge < -0.3 is 4.74 Å². The maximum Gasteiger partial charge on any atom is 0.306 e. The Balaban J connectivity index is 1.61. The quantitative estimate of drug-likeness (QED) is 0.648. The second-order valence-corrected chi connectivity index (χ2v) is 6.84. The fourth-order valence-corrected chi connectivity index (χ4v) is 3.44. The van der Waals surface area contributed by atoms with E-state index in [2.05, 4.69) is 70.2 Å². The number of ether oxygens (including phenoxy) is 1. The molecule has 1 aliphatic carbocycles.